The molecule has 0 aliphatic rings. The van der Waals surface area contributed by atoms with E-state index in [0.717, 1.165) is 17.7 Å². The monoisotopic (exact) mass is 191 g/mol. The van der Waals surface area contributed by atoms with Crippen LogP contribution in [0.5, 0.6) is 0 Å². The zero-order valence-electron chi connectivity index (χ0n) is 6.97. The molecule has 0 unspecified atom stereocenters. The van der Waals surface area contributed by atoms with Gasteiger partial charge in [0.2, 0.25) is 0 Å². The lowest BCUT2D eigenvalue weighted by Gasteiger charge is -1.94. The fourth-order valence-electron chi connectivity index (χ4n) is 1.12. The highest BCUT2D eigenvalue weighted by molar-refractivity contribution is 7.13. The minimum atomic E-state index is 0.624. The first-order valence-electron chi connectivity index (χ1n) is 3.93. The Morgan fingerprint density at radius 1 is 1.46 bits per heavy atom. The first-order chi connectivity index (χ1) is 6.34. The number of hydrogen-bond acceptors (Lipinski definition) is 4. The molecule has 0 aromatic carbocycles. The van der Waals surface area contributed by atoms with Crippen LogP contribution in [0.25, 0.3) is 0 Å². The first-order valence-corrected chi connectivity index (χ1v) is 4.81. The smallest absolute Gasteiger partial charge is 0.180 e. The number of pyridine rings is 1. The molecule has 2 aromatic heterocycles. The van der Waals surface area contributed by atoms with Crippen LogP contribution in [0.1, 0.15) is 11.3 Å². The second-order valence-electron chi connectivity index (χ2n) is 2.72. The van der Waals surface area contributed by atoms with Gasteiger partial charge in [0.1, 0.15) is 0 Å². The van der Waals surface area contributed by atoms with Crippen LogP contribution in [0, 0.1) is 0 Å². The van der Waals surface area contributed by atoms with Crippen LogP contribution in [-0.2, 0) is 6.42 Å². The highest BCUT2D eigenvalue weighted by Crippen LogP contribution is 2.14. The summed E-state index contributed by atoms with van der Waals surface area (Å²) in [7, 11) is 0. The Hall–Kier alpha value is -1.42. The van der Waals surface area contributed by atoms with E-state index in [1.807, 2.05) is 23.7 Å². The second kappa shape index (κ2) is 3.53. The number of nitrogen functional groups attached to an aromatic ring is 1. The molecule has 0 aliphatic carbocycles. The van der Waals surface area contributed by atoms with Gasteiger partial charge in [0.25, 0.3) is 0 Å². The van der Waals surface area contributed by atoms with E-state index in [1.54, 1.807) is 6.20 Å². The summed E-state index contributed by atoms with van der Waals surface area (Å²) < 4.78 is 0. The van der Waals surface area contributed by atoms with Gasteiger partial charge in [-0.2, -0.15) is 0 Å². The van der Waals surface area contributed by atoms with Gasteiger partial charge in [-0.05, 0) is 11.6 Å². The molecule has 0 aliphatic heterocycles. The molecule has 2 N–H and O–H groups in total. The van der Waals surface area contributed by atoms with E-state index in [4.69, 9.17) is 5.73 Å². The number of nitrogens with zero attached hydrogens (tertiary/aromatic N) is 2. The van der Waals surface area contributed by atoms with Gasteiger partial charge in [0.05, 0.1) is 5.69 Å². The van der Waals surface area contributed by atoms with Crippen molar-refractivity contribution in [2.24, 2.45) is 0 Å². The van der Waals surface area contributed by atoms with Crippen molar-refractivity contribution in [3.63, 3.8) is 0 Å². The predicted molar refractivity (Wildman–Crippen MR) is 53.6 cm³/mol. The van der Waals surface area contributed by atoms with Crippen LogP contribution in [0.2, 0.25) is 0 Å². The van der Waals surface area contributed by atoms with Gasteiger partial charge in [-0.25, -0.2) is 4.98 Å². The maximum absolute atomic E-state index is 5.52. The molecule has 2 aromatic rings. The van der Waals surface area contributed by atoms with E-state index >= 15 is 0 Å². The lowest BCUT2D eigenvalue weighted by atomic mass is 10.2. The maximum Gasteiger partial charge on any atom is 0.180 e. The lowest BCUT2D eigenvalue weighted by Crippen LogP contribution is -1.90. The summed E-state index contributed by atoms with van der Waals surface area (Å²) in [6.07, 6.45) is 4.41. The Morgan fingerprint density at radius 3 is 3.00 bits per heavy atom. The zero-order valence-corrected chi connectivity index (χ0v) is 7.79. The van der Waals surface area contributed by atoms with Crippen molar-refractivity contribution >= 4 is 16.5 Å². The van der Waals surface area contributed by atoms with Gasteiger partial charge in [0.15, 0.2) is 5.13 Å². The molecular weight excluding hydrogens is 182 g/mol. The van der Waals surface area contributed by atoms with E-state index in [2.05, 4.69) is 9.97 Å². The molecule has 0 amide bonds. The van der Waals surface area contributed by atoms with E-state index in [0.29, 0.717) is 5.13 Å². The summed E-state index contributed by atoms with van der Waals surface area (Å²) in [5, 5.41) is 2.60. The average molecular weight is 191 g/mol. The molecular formula is C9H9N3S. The van der Waals surface area contributed by atoms with Gasteiger partial charge in [0, 0.05) is 24.2 Å². The largest absolute Gasteiger partial charge is 0.375 e. The molecule has 2 rings (SSSR count). The van der Waals surface area contributed by atoms with Crippen molar-refractivity contribution < 1.29 is 0 Å². The van der Waals surface area contributed by atoms with Crippen molar-refractivity contribution in [3.05, 3.63) is 41.2 Å². The summed E-state index contributed by atoms with van der Waals surface area (Å²) >= 11 is 1.47. The highest BCUT2D eigenvalue weighted by atomic mass is 32.1. The Morgan fingerprint density at radius 2 is 2.38 bits per heavy atom. The summed E-state index contributed by atoms with van der Waals surface area (Å²) in [6.45, 7) is 0. The van der Waals surface area contributed by atoms with E-state index in [9.17, 15) is 0 Å². The zero-order chi connectivity index (χ0) is 9.10. The number of anilines is 1. The normalized spacial score (nSPS) is 10.2. The third-order valence-electron chi connectivity index (χ3n) is 1.68. The molecule has 13 heavy (non-hydrogen) atoms. The minimum Gasteiger partial charge on any atom is -0.375 e. The summed E-state index contributed by atoms with van der Waals surface area (Å²) in [4.78, 5) is 8.21. The predicted octanol–water partition coefficient (Wildman–Crippen LogP) is 1.71. The van der Waals surface area contributed by atoms with Crippen molar-refractivity contribution in [2.45, 2.75) is 6.42 Å². The summed E-state index contributed by atoms with van der Waals surface area (Å²) in [5.74, 6) is 0. The van der Waals surface area contributed by atoms with Crippen LogP contribution in [0.3, 0.4) is 0 Å². The van der Waals surface area contributed by atoms with E-state index in [-0.39, 0.29) is 0 Å². The van der Waals surface area contributed by atoms with Gasteiger partial charge in [-0.15, -0.1) is 11.3 Å². The molecule has 0 saturated carbocycles. The number of rotatable bonds is 2. The molecule has 3 nitrogen and oxygen atoms in total. The van der Waals surface area contributed by atoms with Crippen molar-refractivity contribution in [1.82, 2.24) is 9.97 Å². The van der Waals surface area contributed by atoms with Crippen molar-refractivity contribution in [2.75, 3.05) is 5.73 Å². The SMILES string of the molecule is Nc1nc(Cc2cccnc2)cs1. The maximum atomic E-state index is 5.52. The van der Waals surface area contributed by atoms with Crippen molar-refractivity contribution in [1.29, 1.82) is 0 Å². The fourth-order valence-corrected chi connectivity index (χ4v) is 1.68. The average Bonchev–Trinajstić information content (AvgIpc) is 2.53. The molecule has 4 heteroatoms. The van der Waals surface area contributed by atoms with Gasteiger partial charge in [-0.3, -0.25) is 4.98 Å². The second-order valence-corrected chi connectivity index (χ2v) is 3.60. The Balaban J connectivity index is 2.15. The molecule has 0 radical (unpaired) electrons. The molecule has 0 atom stereocenters. The van der Waals surface area contributed by atoms with Crippen LogP contribution in [-0.4, -0.2) is 9.97 Å². The Bertz CT molecular complexity index is 383. The van der Waals surface area contributed by atoms with Crippen LogP contribution in [0.4, 0.5) is 5.13 Å². The number of thiazole rings is 1. The molecule has 66 valence electrons. The molecule has 2 heterocycles. The number of aromatic nitrogens is 2. The summed E-state index contributed by atoms with van der Waals surface area (Å²) in [5.41, 5.74) is 7.69. The lowest BCUT2D eigenvalue weighted by molar-refractivity contribution is 1.09. The molecule has 0 spiro atoms. The van der Waals surface area contributed by atoms with Crippen LogP contribution in [0.15, 0.2) is 29.9 Å². The van der Waals surface area contributed by atoms with Crippen LogP contribution < -0.4 is 5.73 Å². The third kappa shape index (κ3) is 2.03. The quantitative estimate of drug-likeness (QED) is 0.786. The van der Waals surface area contributed by atoms with Gasteiger partial charge >= 0.3 is 0 Å². The Labute approximate surface area is 80.3 Å². The van der Waals surface area contributed by atoms with Gasteiger partial charge in [-0.1, -0.05) is 6.07 Å². The standard InChI is InChI=1S/C9H9N3S/c10-9-12-8(6-13-9)4-7-2-1-3-11-5-7/h1-3,5-6H,4H2,(H2,10,12). The van der Waals surface area contributed by atoms with E-state index < -0.39 is 0 Å². The number of nitrogens with two attached hydrogens (primary N) is 1. The summed E-state index contributed by atoms with van der Waals surface area (Å²) in [6, 6.07) is 3.95. The van der Waals surface area contributed by atoms with Crippen molar-refractivity contribution in [3.8, 4) is 0 Å². The fraction of sp³-hybridized carbons (Fsp3) is 0.111. The molecule has 0 bridgehead atoms. The molecule has 0 saturated heterocycles. The number of hydrogen-bond donors (Lipinski definition) is 1. The molecule has 0 fully saturated rings. The van der Waals surface area contributed by atoms with E-state index in [1.165, 1.54) is 11.3 Å². The van der Waals surface area contributed by atoms with Crippen LogP contribution >= 0.6 is 11.3 Å². The highest BCUT2D eigenvalue weighted by Gasteiger charge is 1.99. The Kier molecular flexibility index (Phi) is 2.23. The van der Waals surface area contributed by atoms with Gasteiger partial charge < -0.3 is 5.73 Å². The minimum absolute atomic E-state index is 0.624. The third-order valence-corrected chi connectivity index (χ3v) is 2.40. The topological polar surface area (TPSA) is 51.8 Å². The first kappa shape index (κ1) is 8.19.